The maximum atomic E-state index is 12.6. The van der Waals surface area contributed by atoms with Gasteiger partial charge in [0, 0.05) is 32.1 Å². The van der Waals surface area contributed by atoms with Crippen LogP contribution in [0.15, 0.2) is 30.3 Å². The quantitative estimate of drug-likeness (QED) is 0.754. The van der Waals surface area contributed by atoms with E-state index in [2.05, 4.69) is 29.3 Å². The van der Waals surface area contributed by atoms with E-state index in [1.807, 2.05) is 44.1 Å². The van der Waals surface area contributed by atoms with Gasteiger partial charge in [0.05, 0.1) is 0 Å². The first kappa shape index (κ1) is 17.7. The molecule has 1 atom stereocenters. The smallest absolute Gasteiger partial charge is 0.227 e. The van der Waals surface area contributed by atoms with Crippen LogP contribution in [0.2, 0.25) is 0 Å². The molecule has 21 heavy (non-hydrogen) atoms. The average molecular weight is 291 g/mol. The zero-order valence-electron chi connectivity index (χ0n) is 13.8. The Labute approximate surface area is 129 Å². The summed E-state index contributed by atoms with van der Waals surface area (Å²) < 4.78 is 0. The number of hydrogen-bond donors (Lipinski definition) is 1. The van der Waals surface area contributed by atoms with Gasteiger partial charge in [-0.25, -0.2) is 0 Å². The lowest BCUT2D eigenvalue weighted by Gasteiger charge is -2.27. The lowest BCUT2D eigenvalue weighted by molar-refractivity contribution is -0.135. The molecule has 1 rings (SSSR count). The van der Waals surface area contributed by atoms with Crippen molar-refractivity contribution in [3.63, 3.8) is 0 Å². The number of amides is 1. The molecule has 118 valence electrons. The fraction of sp³-hybridized carbons (Fsp3) is 0.588. The lowest BCUT2D eigenvalue weighted by atomic mass is 10.1. The van der Waals surface area contributed by atoms with Crippen LogP contribution in [0.4, 0.5) is 0 Å². The van der Waals surface area contributed by atoms with Crippen LogP contribution in [0.1, 0.15) is 19.4 Å². The highest BCUT2D eigenvalue weighted by atomic mass is 16.2. The summed E-state index contributed by atoms with van der Waals surface area (Å²) in [5.41, 5.74) is 1.18. The molecular formula is C17H29N3O. The summed E-state index contributed by atoms with van der Waals surface area (Å²) in [5, 5.41) is 3.25. The van der Waals surface area contributed by atoms with Gasteiger partial charge in [-0.2, -0.15) is 0 Å². The third kappa shape index (κ3) is 6.74. The molecular weight excluding hydrogens is 262 g/mol. The Kier molecular flexibility index (Phi) is 8.01. The Morgan fingerprint density at radius 3 is 2.43 bits per heavy atom. The minimum absolute atomic E-state index is 0.0100. The van der Waals surface area contributed by atoms with Gasteiger partial charge in [0.25, 0.3) is 0 Å². The SMILES string of the molecule is CCNCC(C)C(=O)N(CCN(C)C)Cc1ccccc1. The molecule has 0 aliphatic carbocycles. The van der Waals surface area contributed by atoms with Crippen LogP contribution in [0.3, 0.4) is 0 Å². The average Bonchev–Trinajstić information content (AvgIpc) is 2.49. The van der Waals surface area contributed by atoms with Crippen LogP contribution in [-0.4, -0.2) is 56.0 Å². The highest BCUT2D eigenvalue weighted by Crippen LogP contribution is 2.09. The molecule has 1 unspecified atom stereocenters. The first-order chi connectivity index (χ1) is 10.0. The van der Waals surface area contributed by atoms with Gasteiger partial charge in [0.2, 0.25) is 5.91 Å². The maximum absolute atomic E-state index is 12.6. The lowest BCUT2D eigenvalue weighted by Crippen LogP contribution is -2.41. The third-order valence-electron chi connectivity index (χ3n) is 3.47. The van der Waals surface area contributed by atoms with Crippen molar-refractivity contribution in [1.29, 1.82) is 0 Å². The normalized spacial score (nSPS) is 12.4. The van der Waals surface area contributed by atoms with Crippen molar-refractivity contribution in [2.45, 2.75) is 20.4 Å². The molecule has 0 radical (unpaired) electrons. The first-order valence-electron chi connectivity index (χ1n) is 7.72. The number of nitrogens with one attached hydrogen (secondary N) is 1. The minimum atomic E-state index is 0.0100. The summed E-state index contributed by atoms with van der Waals surface area (Å²) in [6, 6.07) is 10.2. The van der Waals surface area contributed by atoms with Crippen LogP contribution >= 0.6 is 0 Å². The van der Waals surface area contributed by atoms with Gasteiger partial charge in [0.1, 0.15) is 0 Å². The molecule has 1 aromatic carbocycles. The van der Waals surface area contributed by atoms with Crippen molar-refractivity contribution in [2.75, 3.05) is 40.3 Å². The molecule has 4 heteroatoms. The van der Waals surface area contributed by atoms with Crippen LogP contribution in [0.5, 0.6) is 0 Å². The summed E-state index contributed by atoms with van der Waals surface area (Å²) in [6.07, 6.45) is 0. The number of nitrogens with zero attached hydrogens (tertiary/aromatic N) is 2. The van der Waals surface area contributed by atoms with E-state index in [-0.39, 0.29) is 11.8 Å². The van der Waals surface area contributed by atoms with Crippen LogP contribution in [0, 0.1) is 5.92 Å². The van der Waals surface area contributed by atoms with Gasteiger partial charge in [-0.15, -0.1) is 0 Å². The van der Waals surface area contributed by atoms with Crippen LogP contribution < -0.4 is 5.32 Å². The summed E-state index contributed by atoms with van der Waals surface area (Å²) in [4.78, 5) is 16.7. The molecule has 1 N–H and O–H groups in total. The van der Waals surface area contributed by atoms with E-state index < -0.39 is 0 Å². The number of carbonyl (C=O) groups is 1. The fourth-order valence-corrected chi connectivity index (χ4v) is 2.15. The Morgan fingerprint density at radius 2 is 1.86 bits per heavy atom. The second-order valence-electron chi connectivity index (χ2n) is 5.76. The standard InChI is InChI=1S/C17H29N3O/c1-5-18-13-15(2)17(21)20(12-11-19(3)4)14-16-9-7-6-8-10-16/h6-10,15,18H,5,11-14H2,1-4H3. The highest BCUT2D eigenvalue weighted by Gasteiger charge is 2.20. The summed E-state index contributed by atoms with van der Waals surface area (Å²) in [7, 11) is 4.07. The van der Waals surface area contributed by atoms with Crippen molar-refractivity contribution < 1.29 is 4.79 Å². The number of benzene rings is 1. The second kappa shape index (κ2) is 9.53. The predicted molar refractivity (Wildman–Crippen MR) is 88.1 cm³/mol. The number of rotatable bonds is 9. The summed E-state index contributed by atoms with van der Waals surface area (Å²) in [6.45, 7) is 8.02. The van der Waals surface area contributed by atoms with E-state index >= 15 is 0 Å². The summed E-state index contributed by atoms with van der Waals surface area (Å²) >= 11 is 0. The van der Waals surface area contributed by atoms with Gasteiger partial charge in [0.15, 0.2) is 0 Å². The van der Waals surface area contributed by atoms with E-state index in [0.717, 1.165) is 26.2 Å². The molecule has 0 saturated carbocycles. The van der Waals surface area contributed by atoms with E-state index in [0.29, 0.717) is 6.54 Å². The molecule has 0 saturated heterocycles. The molecule has 0 aliphatic rings. The van der Waals surface area contributed by atoms with Crippen molar-refractivity contribution in [3.05, 3.63) is 35.9 Å². The van der Waals surface area contributed by atoms with Gasteiger partial charge in [-0.1, -0.05) is 44.2 Å². The van der Waals surface area contributed by atoms with Crippen molar-refractivity contribution in [1.82, 2.24) is 15.1 Å². The Hall–Kier alpha value is -1.39. The van der Waals surface area contributed by atoms with Gasteiger partial charge in [-0.3, -0.25) is 4.79 Å². The third-order valence-corrected chi connectivity index (χ3v) is 3.47. The van der Waals surface area contributed by atoms with E-state index in [1.54, 1.807) is 0 Å². The molecule has 0 spiro atoms. The molecule has 0 aromatic heterocycles. The number of carbonyl (C=O) groups excluding carboxylic acids is 1. The Bertz CT molecular complexity index is 406. The Balaban J connectivity index is 2.68. The predicted octanol–water partition coefficient (Wildman–Crippen LogP) is 1.82. The Morgan fingerprint density at radius 1 is 1.19 bits per heavy atom. The van der Waals surface area contributed by atoms with Crippen molar-refractivity contribution >= 4 is 5.91 Å². The van der Waals surface area contributed by atoms with E-state index in [9.17, 15) is 4.79 Å². The first-order valence-corrected chi connectivity index (χ1v) is 7.72. The second-order valence-corrected chi connectivity index (χ2v) is 5.76. The van der Waals surface area contributed by atoms with E-state index in [4.69, 9.17) is 0 Å². The summed E-state index contributed by atoms with van der Waals surface area (Å²) in [5.74, 6) is 0.234. The molecule has 0 aliphatic heterocycles. The topological polar surface area (TPSA) is 35.6 Å². The zero-order chi connectivity index (χ0) is 15.7. The number of likely N-dealkylation sites (N-methyl/N-ethyl adjacent to an activating group) is 1. The van der Waals surface area contributed by atoms with Gasteiger partial charge >= 0.3 is 0 Å². The van der Waals surface area contributed by atoms with Gasteiger partial charge < -0.3 is 15.1 Å². The van der Waals surface area contributed by atoms with Crippen LogP contribution in [0.25, 0.3) is 0 Å². The molecule has 0 heterocycles. The number of hydrogen-bond acceptors (Lipinski definition) is 3. The van der Waals surface area contributed by atoms with Crippen molar-refractivity contribution in [2.24, 2.45) is 5.92 Å². The zero-order valence-corrected chi connectivity index (χ0v) is 13.8. The van der Waals surface area contributed by atoms with E-state index in [1.165, 1.54) is 5.56 Å². The monoisotopic (exact) mass is 291 g/mol. The molecule has 1 amide bonds. The fourth-order valence-electron chi connectivity index (χ4n) is 2.15. The van der Waals surface area contributed by atoms with Crippen molar-refractivity contribution in [3.8, 4) is 0 Å². The molecule has 1 aromatic rings. The highest BCUT2D eigenvalue weighted by molar-refractivity contribution is 5.78. The maximum Gasteiger partial charge on any atom is 0.227 e. The molecule has 0 bridgehead atoms. The largest absolute Gasteiger partial charge is 0.337 e. The van der Waals surface area contributed by atoms with Crippen LogP contribution in [-0.2, 0) is 11.3 Å². The minimum Gasteiger partial charge on any atom is -0.337 e. The molecule has 0 fully saturated rings. The molecule has 4 nitrogen and oxygen atoms in total. The van der Waals surface area contributed by atoms with Gasteiger partial charge in [-0.05, 0) is 26.2 Å².